The van der Waals surface area contributed by atoms with E-state index in [0.29, 0.717) is 23.9 Å². The lowest BCUT2D eigenvalue weighted by Gasteiger charge is -2.32. The molecule has 0 radical (unpaired) electrons. The van der Waals surface area contributed by atoms with Gasteiger partial charge < -0.3 is 10.6 Å². The first-order valence-electron chi connectivity index (χ1n) is 6.78. The number of rotatable bonds is 4. The summed E-state index contributed by atoms with van der Waals surface area (Å²) in [5.74, 6) is 0.775. The van der Waals surface area contributed by atoms with Gasteiger partial charge >= 0.3 is 0 Å². The maximum atomic E-state index is 12.2. The summed E-state index contributed by atoms with van der Waals surface area (Å²) in [6.07, 6.45) is 6.06. The van der Waals surface area contributed by atoms with Crippen molar-refractivity contribution in [1.82, 2.24) is 14.7 Å². The van der Waals surface area contributed by atoms with Crippen molar-refractivity contribution in [3.63, 3.8) is 0 Å². The van der Waals surface area contributed by atoms with Gasteiger partial charge in [0.05, 0.1) is 17.3 Å². The molecule has 1 atom stereocenters. The van der Waals surface area contributed by atoms with Crippen molar-refractivity contribution in [3.05, 3.63) is 17.4 Å². The van der Waals surface area contributed by atoms with Crippen LogP contribution >= 0.6 is 24.0 Å². The standard InChI is InChI=1S/C13H21ClN4O.ClH/c1-10-2-5-17(6-3-10)13(19)12(15)4-7-18-9-11(14)8-16-18;/h8-10,12H,2-7,15H2,1H3;1H. The summed E-state index contributed by atoms with van der Waals surface area (Å²) < 4.78 is 1.72. The van der Waals surface area contributed by atoms with Crippen LogP contribution in [-0.4, -0.2) is 39.7 Å². The average molecular weight is 321 g/mol. The molecule has 7 heteroatoms. The van der Waals surface area contributed by atoms with Crippen LogP contribution in [0.2, 0.25) is 5.02 Å². The monoisotopic (exact) mass is 320 g/mol. The highest BCUT2D eigenvalue weighted by Gasteiger charge is 2.24. The number of halogens is 2. The van der Waals surface area contributed by atoms with Crippen molar-refractivity contribution in [2.24, 2.45) is 11.7 Å². The predicted octanol–water partition coefficient (Wildman–Crippen LogP) is 1.93. The summed E-state index contributed by atoms with van der Waals surface area (Å²) in [6, 6.07) is -0.448. The molecule has 2 N–H and O–H groups in total. The topological polar surface area (TPSA) is 64.2 Å². The van der Waals surface area contributed by atoms with Crippen LogP contribution in [0.1, 0.15) is 26.2 Å². The fourth-order valence-electron chi connectivity index (χ4n) is 2.32. The van der Waals surface area contributed by atoms with Crippen LogP contribution < -0.4 is 5.73 Å². The van der Waals surface area contributed by atoms with Gasteiger partial charge in [-0.1, -0.05) is 18.5 Å². The SMILES string of the molecule is CC1CCN(C(=O)C(N)CCn2cc(Cl)cn2)CC1.Cl. The van der Waals surface area contributed by atoms with Crippen molar-refractivity contribution >= 4 is 29.9 Å². The average Bonchev–Trinajstić information content (AvgIpc) is 2.82. The Balaban J connectivity index is 0.00000200. The number of carbonyl (C=O) groups is 1. The zero-order chi connectivity index (χ0) is 13.8. The van der Waals surface area contributed by atoms with Crippen molar-refractivity contribution in [2.45, 2.75) is 38.8 Å². The van der Waals surface area contributed by atoms with E-state index in [4.69, 9.17) is 17.3 Å². The maximum Gasteiger partial charge on any atom is 0.239 e. The van der Waals surface area contributed by atoms with E-state index in [1.54, 1.807) is 17.1 Å². The molecular weight excluding hydrogens is 299 g/mol. The summed E-state index contributed by atoms with van der Waals surface area (Å²) in [5.41, 5.74) is 5.97. The van der Waals surface area contributed by atoms with E-state index < -0.39 is 6.04 Å². The first kappa shape index (κ1) is 17.3. The number of aromatic nitrogens is 2. The molecule has 1 saturated heterocycles. The molecule has 114 valence electrons. The molecule has 0 bridgehead atoms. The van der Waals surface area contributed by atoms with Gasteiger partial charge in [-0.2, -0.15) is 5.10 Å². The van der Waals surface area contributed by atoms with Gasteiger partial charge in [0.2, 0.25) is 5.91 Å². The van der Waals surface area contributed by atoms with Gasteiger partial charge in [0.25, 0.3) is 0 Å². The largest absolute Gasteiger partial charge is 0.341 e. The summed E-state index contributed by atoms with van der Waals surface area (Å²) in [5, 5.41) is 4.68. The smallest absolute Gasteiger partial charge is 0.239 e. The van der Waals surface area contributed by atoms with Crippen molar-refractivity contribution in [1.29, 1.82) is 0 Å². The molecule has 0 spiro atoms. The summed E-state index contributed by atoms with van der Waals surface area (Å²) >= 11 is 5.78. The van der Waals surface area contributed by atoms with E-state index >= 15 is 0 Å². The minimum absolute atomic E-state index is 0. The predicted molar refractivity (Wildman–Crippen MR) is 82.1 cm³/mol. The highest BCUT2D eigenvalue weighted by Crippen LogP contribution is 2.17. The van der Waals surface area contributed by atoms with Crippen LogP contribution in [0.4, 0.5) is 0 Å². The van der Waals surface area contributed by atoms with E-state index in [1.807, 2.05) is 4.90 Å². The molecule has 2 rings (SSSR count). The van der Waals surface area contributed by atoms with Crippen LogP contribution in [0.5, 0.6) is 0 Å². The minimum atomic E-state index is -0.448. The number of hydrogen-bond donors (Lipinski definition) is 1. The van der Waals surface area contributed by atoms with E-state index in [9.17, 15) is 4.79 Å². The second-order valence-corrected chi connectivity index (χ2v) is 5.76. The molecule has 0 saturated carbocycles. The molecule has 1 unspecified atom stereocenters. The van der Waals surface area contributed by atoms with Crippen LogP contribution in [0.25, 0.3) is 0 Å². The molecule has 20 heavy (non-hydrogen) atoms. The minimum Gasteiger partial charge on any atom is -0.341 e. The fourth-order valence-corrected chi connectivity index (χ4v) is 2.48. The molecule has 1 amide bonds. The highest BCUT2D eigenvalue weighted by atomic mass is 35.5. The molecule has 2 heterocycles. The number of aryl methyl sites for hydroxylation is 1. The lowest BCUT2D eigenvalue weighted by Crippen LogP contribution is -2.47. The van der Waals surface area contributed by atoms with Gasteiger partial charge in [-0.3, -0.25) is 9.48 Å². The number of amides is 1. The van der Waals surface area contributed by atoms with E-state index in [2.05, 4.69) is 12.0 Å². The third kappa shape index (κ3) is 4.65. The zero-order valence-electron chi connectivity index (χ0n) is 11.7. The van der Waals surface area contributed by atoms with Crippen molar-refractivity contribution in [2.75, 3.05) is 13.1 Å². The van der Waals surface area contributed by atoms with Gasteiger partial charge in [0, 0.05) is 25.8 Å². The second kappa shape index (κ2) is 7.86. The molecule has 5 nitrogen and oxygen atoms in total. The van der Waals surface area contributed by atoms with Crippen LogP contribution in [0.15, 0.2) is 12.4 Å². The van der Waals surface area contributed by atoms with Crippen molar-refractivity contribution < 1.29 is 4.79 Å². The molecule has 1 aromatic rings. The highest BCUT2D eigenvalue weighted by molar-refractivity contribution is 6.30. The Morgan fingerprint density at radius 3 is 2.75 bits per heavy atom. The van der Waals surface area contributed by atoms with Crippen LogP contribution in [0, 0.1) is 5.92 Å². The van der Waals surface area contributed by atoms with Gasteiger partial charge in [0.15, 0.2) is 0 Å². The number of piperidine rings is 1. The molecule has 1 aromatic heterocycles. The Kier molecular flexibility index (Phi) is 6.79. The maximum absolute atomic E-state index is 12.2. The van der Waals surface area contributed by atoms with E-state index in [0.717, 1.165) is 25.9 Å². The second-order valence-electron chi connectivity index (χ2n) is 5.32. The van der Waals surface area contributed by atoms with E-state index in [1.165, 1.54) is 0 Å². The molecule has 0 aromatic carbocycles. The third-order valence-electron chi connectivity index (χ3n) is 3.68. The normalized spacial score (nSPS) is 17.6. The Hall–Kier alpha value is -0.780. The lowest BCUT2D eigenvalue weighted by atomic mass is 9.98. The van der Waals surface area contributed by atoms with Gasteiger partial charge in [0.1, 0.15) is 0 Å². The summed E-state index contributed by atoms with van der Waals surface area (Å²) in [6.45, 7) is 4.51. The first-order chi connectivity index (χ1) is 9.06. The molecule has 1 aliphatic heterocycles. The lowest BCUT2D eigenvalue weighted by molar-refractivity contribution is -0.134. The number of likely N-dealkylation sites (tertiary alicyclic amines) is 1. The molecule has 1 aliphatic rings. The Bertz CT molecular complexity index is 430. The molecule has 1 fully saturated rings. The number of nitrogens with zero attached hydrogens (tertiary/aromatic N) is 3. The van der Waals surface area contributed by atoms with Crippen LogP contribution in [0.3, 0.4) is 0 Å². The van der Waals surface area contributed by atoms with E-state index in [-0.39, 0.29) is 18.3 Å². The number of nitrogens with two attached hydrogens (primary N) is 1. The third-order valence-corrected chi connectivity index (χ3v) is 3.88. The van der Waals surface area contributed by atoms with Crippen molar-refractivity contribution in [3.8, 4) is 0 Å². The quantitative estimate of drug-likeness (QED) is 0.922. The van der Waals surface area contributed by atoms with Crippen LogP contribution in [-0.2, 0) is 11.3 Å². The van der Waals surface area contributed by atoms with Gasteiger partial charge in [-0.15, -0.1) is 12.4 Å². The zero-order valence-corrected chi connectivity index (χ0v) is 13.2. The number of carbonyl (C=O) groups excluding carboxylic acids is 1. The molecular formula is C13H22Cl2N4O. The Labute approximate surface area is 130 Å². The Morgan fingerprint density at radius 2 is 2.20 bits per heavy atom. The van der Waals surface area contributed by atoms with Gasteiger partial charge in [-0.05, 0) is 25.2 Å². The Morgan fingerprint density at radius 1 is 1.55 bits per heavy atom. The fraction of sp³-hybridized carbons (Fsp3) is 0.692. The van der Waals surface area contributed by atoms with Gasteiger partial charge in [-0.25, -0.2) is 0 Å². The number of hydrogen-bond acceptors (Lipinski definition) is 3. The summed E-state index contributed by atoms with van der Waals surface area (Å²) in [7, 11) is 0. The summed E-state index contributed by atoms with van der Waals surface area (Å²) in [4.78, 5) is 14.1. The first-order valence-corrected chi connectivity index (χ1v) is 7.16. The molecule has 0 aliphatic carbocycles.